The van der Waals surface area contributed by atoms with Gasteiger partial charge in [0.2, 0.25) is 17.7 Å². The number of rotatable bonds is 9. The first-order chi connectivity index (χ1) is 14.0. The second-order valence-electron chi connectivity index (χ2n) is 9.12. The molecule has 0 aliphatic carbocycles. The van der Waals surface area contributed by atoms with Crippen molar-refractivity contribution in [2.75, 3.05) is 27.2 Å². The van der Waals surface area contributed by atoms with Crippen LogP contribution in [-0.4, -0.2) is 72.8 Å². The second kappa shape index (κ2) is 12.1. The summed E-state index contributed by atoms with van der Waals surface area (Å²) < 4.78 is 0. The third-order valence-corrected chi connectivity index (χ3v) is 5.90. The lowest BCUT2D eigenvalue weighted by atomic mass is 9.96. The first-order valence-electron chi connectivity index (χ1n) is 11.2. The summed E-state index contributed by atoms with van der Waals surface area (Å²) in [7, 11) is 3.72. The van der Waals surface area contributed by atoms with E-state index in [0.29, 0.717) is 12.1 Å². The lowest BCUT2D eigenvalue weighted by Crippen LogP contribution is -2.57. The van der Waals surface area contributed by atoms with Crippen molar-refractivity contribution in [1.82, 2.24) is 20.4 Å². The fraction of sp³-hybridized carbons (Fsp3) is 0.783. The number of amides is 3. The molecule has 1 unspecified atom stereocenters. The Labute approximate surface area is 182 Å². The number of piperidine rings is 1. The normalized spacial score (nSPS) is 20.1. The maximum Gasteiger partial charge on any atom is 0.246 e. The predicted molar refractivity (Wildman–Crippen MR) is 121 cm³/mol. The third kappa shape index (κ3) is 7.11. The van der Waals surface area contributed by atoms with Crippen LogP contribution in [0.25, 0.3) is 0 Å². The van der Waals surface area contributed by atoms with Crippen LogP contribution in [0.1, 0.15) is 60.8 Å². The summed E-state index contributed by atoms with van der Waals surface area (Å²) in [5.74, 6) is -0.253. The molecule has 2 N–H and O–H groups in total. The van der Waals surface area contributed by atoms with Crippen molar-refractivity contribution in [3.8, 4) is 0 Å². The molecule has 3 amide bonds. The van der Waals surface area contributed by atoms with Crippen LogP contribution >= 0.6 is 0 Å². The molecular weight excluding hydrogens is 380 g/mol. The van der Waals surface area contributed by atoms with Crippen molar-refractivity contribution >= 4 is 17.7 Å². The minimum absolute atomic E-state index is 0.0425. The van der Waals surface area contributed by atoms with Gasteiger partial charge in [0.25, 0.3) is 0 Å². The van der Waals surface area contributed by atoms with Gasteiger partial charge in [-0.05, 0) is 52.1 Å². The highest BCUT2D eigenvalue weighted by molar-refractivity contribution is 5.93. The van der Waals surface area contributed by atoms with Crippen molar-refractivity contribution in [2.24, 2.45) is 11.8 Å². The smallest absolute Gasteiger partial charge is 0.246 e. The van der Waals surface area contributed by atoms with E-state index in [9.17, 15) is 14.4 Å². The van der Waals surface area contributed by atoms with E-state index in [1.165, 1.54) is 0 Å². The van der Waals surface area contributed by atoms with Crippen molar-refractivity contribution in [2.45, 2.75) is 78.9 Å². The Bertz CT molecular complexity index is 630. The minimum atomic E-state index is -0.600. The van der Waals surface area contributed by atoms with Crippen LogP contribution in [0.3, 0.4) is 0 Å². The van der Waals surface area contributed by atoms with E-state index in [1.54, 1.807) is 18.9 Å². The average molecular weight is 423 g/mol. The SMILES string of the molecule is CCNC(=O)C(C)=C[C@H](C(C)C)N(C)C(=O)[C@@H](NC(=O)C1CCCCN1C)C(C)C. The Hall–Kier alpha value is -1.89. The van der Waals surface area contributed by atoms with E-state index in [1.807, 2.05) is 47.7 Å². The Balaban J connectivity index is 3.00. The predicted octanol–water partition coefficient (Wildman–Crippen LogP) is 2.18. The molecule has 1 heterocycles. The number of nitrogens with zero attached hydrogens (tertiary/aromatic N) is 2. The number of likely N-dealkylation sites (tertiary alicyclic amines) is 1. The fourth-order valence-electron chi connectivity index (χ4n) is 3.92. The van der Waals surface area contributed by atoms with Crippen molar-refractivity contribution < 1.29 is 14.4 Å². The van der Waals surface area contributed by atoms with E-state index in [0.717, 1.165) is 25.8 Å². The summed E-state index contributed by atoms with van der Waals surface area (Å²) in [5, 5.41) is 5.81. The number of carbonyl (C=O) groups excluding carboxylic acids is 3. The number of hydrogen-bond acceptors (Lipinski definition) is 4. The average Bonchev–Trinajstić information content (AvgIpc) is 2.68. The van der Waals surface area contributed by atoms with Gasteiger partial charge in [-0.3, -0.25) is 19.3 Å². The van der Waals surface area contributed by atoms with E-state index in [-0.39, 0.29) is 41.6 Å². The Morgan fingerprint density at radius 1 is 1.13 bits per heavy atom. The molecule has 1 rings (SSSR count). The van der Waals surface area contributed by atoms with E-state index >= 15 is 0 Å². The molecule has 1 fully saturated rings. The number of carbonyl (C=O) groups is 3. The first kappa shape index (κ1) is 26.1. The quantitative estimate of drug-likeness (QED) is 0.558. The molecule has 1 aliphatic rings. The molecule has 7 nitrogen and oxygen atoms in total. The molecule has 1 saturated heterocycles. The molecular formula is C23H42N4O3. The summed E-state index contributed by atoms with van der Waals surface area (Å²) in [4.78, 5) is 42.2. The first-order valence-corrected chi connectivity index (χ1v) is 11.2. The molecule has 7 heteroatoms. The van der Waals surface area contributed by atoms with Gasteiger partial charge in [-0.25, -0.2) is 0 Å². The van der Waals surface area contributed by atoms with Gasteiger partial charge in [0.15, 0.2) is 0 Å². The monoisotopic (exact) mass is 422 g/mol. The number of nitrogens with one attached hydrogen (secondary N) is 2. The lowest BCUT2D eigenvalue weighted by Gasteiger charge is -2.36. The molecule has 0 aromatic heterocycles. The Morgan fingerprint density at radius 3 is 2.27 bits per heavy atom. The number of hydrogen-bond donors (Lipinski definition) is 2. The second-order valence-corrected chi connectivity index (χ2v) is 9.12. The zero-order chi connectivity index (χ0) is 23.0. The van der Waals surface area contributed by atoms with Crippen molar-refractivity contribution in [1.29, 1.82) is 0 Å². The molecule has 0 bridgehead atoms. The van der Waals surface area contributed by atoms with Crippen molar-refractivity contribution in [3.63, 3.8) is 0 Å². The molecule has 0 aromatic rings. The molecule has 172 valence electrons. The zero-order valence-corrected chi connectivity index (χ0v) is 20.1. The standard InChI is InChI=1S/C23H42N4O3/c1-9-24-21(28)17(6)14-19(15(2)3)27(8)23(30)20(16(4)5)25-22(29)18-12-10-11-13-26(18)7/h14-16,18-20H,9-13H2,1-8H3,(H,24,28)(H,25,29)/t18?,19-,20+/m1/s1. The van der Waals surface area contributed by atoms with Gasteiger partial charge in [0.1, 0.15) is 6.04 Å². The third-order valence-electron chi connectivity index (χ3n) is 5.90. The van der Waals surface area contributed by atoms with Gasteiger partial charge < -0.3 is 15.5 Å². The highest BCUT2D eigenvalue weighted by Gasteiger charge is 2.34. The highest BCUT2D eigenvalue weighted by Crippen LogP contribution is 2.19. The Morgan fingerprint density at radius 2 is 1.77 bits per heavy atom. The molecule has 0 saturated carbocycles. The summed E-state index contributed by atoms with van der Waals surface area (Å²) in [6.07, 6.45) is 4.80. The van der Waals surface area contributed by atoms with E-state index < -0.39 is 6.04 Å². The molecule has 1 aliphatic heterocycles. The fourth-order valence-corrected chi connectivity index (χ4v) is 3.92. The van der Waals surface area contributed by atoms with E-state index in [2.05, 4.69) is 15.5 Å². The zero-order valence-electron chi connectivity index (χ0n) is 20.1. The summed E-state index contributed by atoms with van der Waals surface area (Å²) in [5.41, 5.74) is 0.587. The van der Waals surface area contributed by atoms with Crippen LogP contribution in [0.15, 0.2) is 11.6 Å². The maximum atomic E-state index is 13.4. The molecule has 3 atom stereocenters. The van der Waals surface area contributed by atoms with Crippen LogP contribution < -0.4 is 10.6 Å². The molecule has 0 aromatic carbocycles. The molecule has 0 spiro atoms. The molecule has 30 heavy (non-hydrogen) atoms. The van der Waals surface area contributed by atoms with Gasteiger partial charge in [-0.2, -0.15) is 0 Å². The Kier molecular flexibility index (Phi) is 10.5. The summed E-state index contributed by atoms with van der Waals surface area (Å²) in [6.45, 7) is 13.0. The van der Waals surface area contributed by atoms with Crippen LogP contribution in [0.5, 0.6) is 0 Å². The minimum Gasteiger partial charge on any atom is -0.353 e. The van der Waals surface area contributed by atoms with Crippen LogP contribution in [0.4, 0.5) is 0 Å². The van der Waals surface area contributed by atoms with Crippen LogP contribution in [0.2, 0.25) is 0 Å². The van der Waals surface area contributed by atoms with Gasteiger partial charge in [0, 0.05) is 19.2 Å². The molecule has 0 radical (unpaired) electrons. The summed E-state index contributed by atoms with van der Waals surface area (Å²) >= 11 is 0. The van der Waals surface area contributed by atoms with Gasteiger partial charge in [0.05, 0.1) is 12.1 Å². The van der Waals surface area contributed by atoms with Gasteiger partial charge in [-0.15, -0.1) is 0 Å². The summed E-state index contributed by atoms with van der Waals surface area (Å²) in [6, 6.07) is -1.02. The van der Waals surface area contributed by atoms with Crippen molar-refractivity contribution in [3.05, 3.63) is 11.6 Å². The van der Waals surface area contributed by atoms with E-state index in [4.69, 9.17) is 0 Å². The highest BCUT2D eigenvalue weighted by atomic mass is 16.2. The van der Waals surface area contributed by atoms with Gasteiger partial charge in [-0.1, -0.05) is 40.2 Å². The topological polar surface area (TPSA) is 81.8 Å². The largest absolute Gasteiger partial charge is 0.353 e. The maximum absolute atomic E-state index is 13.4. The van der Waals surface area contributed by atoms with Crippen LogP contribution in [-0.2, 0) is 14.4 Å². The van der Waals surface area contributed by atoms with Gasteiger partial charge >= 0.3 is 0 Å². The number of likely N-dealkylation sites (N-methyl/N-ethyl adjacent to an activating group) is 3. The van der Waals surface area contributed by atoms with Crippen LogP contribution in [0, 0.1) is 11.8 Å². The lowest BCUT2D eigenvalue weighted by molar-refractivity contribution is -0.139.